The second kappa shape index (κ2) is 8.63. The molecule has 0 radical (unpaired) electrons. The number of carbonyl (C=O) groups is 4. The molecule has 3 aliphatic rings. The number of hydrogen-bond acceptors (Lipinski definition) is 7. The number of fused-ring (bicyclic) bond motifs is 1. The van der Waals surface area contributed by atoms with Crippen molar-refractivity contribution >= 4 is 23.6 Å². The lowest BCUT2D eigenvalue weighted by molar-refractivity contribution is -0.136. The molecule has 1 unspecified atom stereocenters. The highest BCUT2D eigenvalue weighted by atomic mass is 16.2. The van der Waals surface area contributed by atoms with E-state index in [1.807, 2.05) is 6.07 Å². The van der Waals surface area contributed by atoms with Crippen molar-refractivity contribution < 1.29 is 19.2 Å². The Bertz CT molecular complexity index is 878. The Kier molecular flexibility index (Phi) is 5.94. The molecule has 9 nitrogen and oxygen atoms in total. The first-order valence-electron chi connectivity index (χ1n) is 10.5. The van der Waals surface area contributed by atoms with Gasteiger partial charge in [-0.15, -0.1) is 0 Å². The number of piperidine rings is 2. The fourth-order valence-corrected chi connectivity index (χ4v) is 4.27. The van der Waals surface area contributed by atoms with Gasteiger partial charge in [0, 0.05) is 32.1 Å². The van der Waals surface area contributed by atoms with E-state index in [2.05, 4.69) is 15.5 Å². The molecule has 30 heavy (non-hydrogen) atoms. The molecule has 1 atom stereocenters. The summed E-state index contributed by atoms with van der Waals surface area (Å²) in [5.74, 6) is -1.93. The largest absolute Gasteiger partial charge is 0.328 e. The third-order valence-corrected chi connectivity index (χ3v) is 6.07. The highest BCUT2D eigenvalue weighted by molar-refractivity contribution is 6.23. The maximum Gasteiger partial charge on any atom is 0.262 e. The smallest absolute Gasteiger partial charge is 0.262 e. The summed E-state index contributed by atoms with van der Waals surface area (Å²) in [6.07, 6.45) is 2.34. The van der Waals surface area contributed by atoms with Gasteiger partial charge in [0.2, 0.25) is 11.8 Å². The van der Waals surface area contributed by atoms with Crippen LogP contribution >= 0.6 is 0 Å². The summed E-state index contributed by atoms with van der Waals surface area (Å²) in [6, 6.07) is 4.57. The number of carbonyl (C=O) groups excluding carboxylic acids is 4. The molecule has 160 valence electrons. The van der Waals surface area contributed by atoms with E-state index in [0.29, 0.717) is 23.7 Å². The lowest BCUT2D eigenvalue weighted by Crippen LogP contribution is -2.54. The van der Waals surface area contributed by atoms with Crippen LogP contribution in [0.1, 0.15) is 52.0 Å². The van der Waals surface area contributed by atoms with E-state index in [-0.39, 0.29) is 18.7 Å². The Balaban J connectivity index is 1.35. The minimum Gasteiger partial charge on any atom is -0.328 e. The molecule has 4 N–H and O–H groups in total. The van der Waals surface area contributed by atoms with Gasteiger partial charge in [-0.1, -0.05) is 6.07 Å². The lowest BCUT2D eigenvalue weighted by atomic mass is 10.0. The van der Waals surface area contributed by atoms with Crippen LogP contribution in [0.25, 0.3) is 0 Å². The molecule has 1 aromatic rings. The quantitative estimate of drug-likeness (QED) is 0.428. The van der Waals surface area contributed by atoms with E-state index in [9.17, 15) is 19.2 Å². The maximum atomic E-state index is 12.9. The van der Waals surface area contributed by atoms with Gasteiger partial charge >= 0.3 is 0 Å². The van der Waals surface area contributed by atoms with Gasteiger partial charge in [0.05, 0.1) is 11.1 Å². The summed E-state index contributed by atoms with van der Waals surface area (Å²) in [7, 11) is 0. The van der Waals surface area contributed by atoms with Crippen molar-refractivity contribution in [2.45, 2.75) is 44.3 Å². The third kappa shape index (κ3) is 4.14. The van der Waals surface area contributed by atoms with Crippen molar-refractivity contribution in [2.75, 3.05) is 26.2 Å². The molecule has 3 heterocycles. The van der Waals surface area contributed by atoms with Gasteiger partial charge in [-0.25, -0.2) is 0 Å². The van der Waals surface area contributed by atoms with Crippen molar-refractivity contribution in [3.63, 3.8) is 0 Å². The molecule has 1 aromatic carbocycles. The number of benzene rings is 1. The van der Waals surface area contributed by atoms with Crippen LogP contribution in [0.15, 0.2) is 18.2 Å². The van der Waals surface area contributed by atoms with Crippen LogP contribution in [0.4, 0.5) is 0 Å². The van der Waals surface area contributed by atoms with E-state index >= 15 is 0 Å². The van der Waals surface area contributed by atoms with Gasteiger partial charge < -0.3 is 16.0 Å². The number of nitrogens with one attached hydrogen (secondary N) is 2. The second-order valence-corrected chi connectivity index (χ2v) is 8.18. The fourth-order valence-electron chi connectivity index (χ4n) is 4.27. The summed E-state index contributed by atoms with van der Waals surface area (Å²) >= 11 is 0. The van der Waals surface area contributed by atoms with Crippen LogP contribution in [0.2, 0.25) is 0 Å². The fraction of sp³-hybridized carbons (Fsp3) is 0.524. The van der Waals surface area contributed by atoms with Gasteiger partial charge in [0.15, 0.2) is 0 Å². The van der Waals surface area contributed by atoms with Crippen LogP contribution in [0.3, 0.4) is 0 Å². The molecular weight excluding hydrogens is 386 g/mol. The molecule has 0 spiro atoms. The first kappa shape index (κ1) is 20.6. The molecule has 2 saturated heterocycles. The number of imide groups is 2. The van der Waals surface area contributed by atoms with Crippen LogP contribution in [0.5, 0.6) is 0 Å². The monoisotopic (exact) mass is 413 g/mol. The second-order valence-electron chi connectivity index (χ2n) is 8.18. The maximum absolute atomic E-state index is 12.9. The van der Waals surface area contributed by atoms with Gasteiger partial charge in [-0.3, -0.25) is 29.4 Å². The molecule has 0 bridgehead atoms. The van der Waals surface area contributed by atoms with Crippen LogP contribution in [0, 0.1) is 0 Å². The molecule has 9 heteroatoms. The highest BCUT2D eigenvalue weighted by Gasteiger charge is 2.44. The van der Waals surface area contributed by atoms with Gasteiger partial charge in [0.1, 0.15) is 6.04 Å². The summed E-state index contributed by atoms with van der Waals surface area (Å²) in [5.41, 5.74) is 7.45. The molecule has 4 amide bonds. The number of likely N-dealkylation sites (tertiary alicyclic amines) is 1. The highest BCUT2D eigenvalue weighted by Crippen LogP contribution is 2.28. The average Bonchev–Trinajstić information content (AvgIpc) is 2.97. The number of amides is 4. The van der Waals surface area contributed by atoms with Crippen LogP contribution in [-0.4, -0.2) is 71.7 Å². The predicted octanol–water partition coefficient (Wildman–Crippen LogP) is -0.399. The molecule has 0 aliphatic carbocycles. The Labute approximate surface area is 174 Å². The summed E-state index contributed by atoms with van der Waals surface area (Å²) < 4.78 is 0. The Hall–Kier alpha value is -2.62. The number of rotatable bonds is 6. The lowest BCUT2D eigenvalue weighted by Gasteiger charge is -2.30. The van der Waals surface area contributed by atoms with Crippen molar-refractivity contribution in [1.82, 2.24) is 20.4 Å². The van der Waals surface area contributed by atoms with Crippen LogP contribution in [-0.2, 0) is 16.1 Å². The van der Waals surface area contributed by atoms with Crippen molar-refractivity contribution in [3.05, 3.63) is 34.9 Å². The first-order chi connectivity index (χ1) is 14.4. The molecule has 0 saturated carbocycles. The van der Waals surface area contributed by atoms with Crippen molar-refractivity contribution in [3.8, 4) is 0 Å². The molecule has 3 aliphatic heterocycles. The SMILES string of the molecule is NC1CCN(CCNCc2ccc3c(c2)C(=O)N(C2CCC(=O)NC2=O)C3=O)CC1. The normalized spacial score (nSPS) is 23.1. The standard InChI is InChI=1S/C21H27N5O4/c22-14-5-8-25(9-6-14)10-7-23-12-13-1-2-15-16(11-13)21(30)26(20(15)29)17-3-4-18(27)24-19(17)28/h1-2,11,14,17,23H,3-10,12,22H2,(H,24,27,28). The predicted molar refractivity (Wildman–Crippen MR) is 108 cm³/mol. The number of nitrogens with zero attached hydrogens (tertiary/aromatic N) is 2. The Morgan fingerprint density at radius 2 is 1.77 bits per heavy atom. The van der Waals surface area contributed by atoms with E-state index < -0.39 is 23.8 Å². The van der Waals surface area contributed by atoms with Gasteiger partial charge in [0.25, 0.3) is 11.8 Å². The summed E-state index contributed by atoms with van der Waals surface area (Å²) in [4.78, 5) is 52.4. The topological polar surface area (TPSA) is 125 Å². The average molecular weight is 413 g/mol. The van der Waals surface area contributed by atoms with E-state index in [0.717, 1.165) is 49.5 Å². The zero-order valence-electron chi connectivity index (χ0n) is 16.9. The summed E-state index contributed by atoms with van der Waals surface area (Å²) in [6.45, 7) is 4.39. The number of nitrogens with two attached hydrogens (primary N) is 1. The minimum absolute atomic E-state index is 0.113. The van der Waals surface area contributed by atoms with Gasteiger partial charge in [-0.05, 0) is 50.0 Å². The van der Waals surface area contributed by atoms with Crippen LogP contribution < -0.4 is 16.4 Å². The Morgan fingerprint density at radius 1 is 1.03 bits per heavy atom. The third-order valence-electron chi connectivity index (χ3n) is 6.07. The Morgan fingerprint density at radius 3 is 2.50 bits per heavy atom. The van der Waals surface area contributed by atoms with E-state index in [1.165, 1.54) is 0 Å². The molecule has 2 fully saturated rings. The molecule has 0 aromatic heterocycles. The van der Waals surface area contributed by atoms with E-state index in [4.69, 9.17) is 5.73 Å². The number of hydrogen-bond donors (Lipinski definition) is 3. The zero-order chi connectivity index (χ0) is 21.3. The zero-order valence-corrected chi connectivity index (χ0v) is 16.9. The first-order valence-corrected chi connectivity index (χ1v) is 10.5. The van der Waals surface area contributed by atoms with Gasteiger partial charge in [-0.2, -0.15) is 0 Å². The molecular formula is C21H27N5O4. The minimum atomic E-state index is -0.936. The van der Waals surface area contributed by atoms with Crippen molar-refractivity contribution in [2.24, 2.45) is 5.73 Å². The summed E-state index contributed by atoms with van der Waals surface area (Å²) in [5, 5.41) is 5.58. The van der Waals surface area contributed by atoms with Crippen molar-refractivity contribution in [1.29, 1.82) is 0 Å². The van der Waals surface area contributed by atoms with E-state index in [1.54, 1.807) is 12.1 Å². The molecule has 4 rings (SSSR count).